The SMILES string of the molecule is Cc1sc2ncn(NC(=O)C3CC3c3ccccc3Cl)c(=O)c2c1-c1ccccc1. The molecule has 2 aromatic heterocycles. The van der Waals surface area contributed by atoms with E-state index >= 15 is 0 Å². The Morgan fingerprint density at radius 1 is 1.17 bits per heavy atom. The minimum atomic E-state index is -0.272. The van der Waals surface area contributed by atoms with Gasteiger partial charge in [0, 0.05) is 21.4 Å². The van der Waals surface area contributed by atoms with Gasteiger partial charge in [0.2, 0.25) is 5.91 Å². The fraction of sp³-hybridized carbons (Fsp3) is 0.174. The lowest BCUT2D eigenvalue weighted by Crippen LogP contribution is -2.34. The molecule has 7 heteroatoms. The number of thiophene rings is 1. The Hall–Kier alpha value is -2.96. The van der Waals surface area contributed by atoms with E-state index in [1.807, 2.05) is 61.5 Å². The molecule has 0 aliphatic heterocycles. The van der Waals surface area contributed by atoms with Crippen molar-refractivity contribution in [2.45, 2.75) is 19.3 Å². The summed E-state index contributed by atoms with van der Waals surface area (Å²) in [6.45, 7) is 1.98. The molecule has 2 aromatic carbocycles. The van der Waals surface area contributed by atoms with Gasteiger partial charge in [0.15, 0.2) is 0 Å². The van der Waals surface area contributed by atoms with Crippen LogP contribution in [0.25, 0.3) is 21.3 Å². The third-order valence-corrected chi connectivity index (χ3v) is 6.87. The van der Waals surface area contributed by atoms with Crippen molar-refractivity contribution in [3.8, 4) is 11.1 Å². The van der Waals surface area contributed by atoms with E-state index in [0.717, 1.165) is 21.6 Å². The normalized spacial score (nSPS) is 17.8. The minimum Gasteiger partial charge on any atom is -0.273 e. The lowest BCUT2D eigenvalue weighted by Gasteiger charge is -2.09. The van der Waals surface area contributed by atoms with Crippen molar-refractivity contribution in [2.75, 3.05) is 5.43 Å². The molecule has 0 bridgehead atoms. The van der Waals surface area contributed by atoms with Crippen LogP contribution in [0.3, 0.4) is 0 Å². The topological polar surface area (TPSA) is 64.0 Å². The largest absolute Gasteiger partial charge is 0.281 e. The van der Waals surface area contributed by atoms with Crippen molar-refractivity contribution >= 4 is 39.1 Å². The minimum absolute atomic E-state index is 0.0781. The van der Waals surface area contributed by atoms with Crippen LogP contribution in [0.5, 0.6) is 0 Å². The molecule has 30 heavy (non-hydrogen) atoms. The smallest absolute Gasteiger partial charge is 0.273 e. The number of fused-ring (bicyclic) bond motifs is 1. The number of nitrogens with zero attached hydrogens (tertiary/aromatic N) is 2. The molecule has 2 atom stereocenters. The van der Waals surface area contributed by atoms with Crippen LogP contribution in [0.1, 0.15) is 22.8 Å². The molecule has 1 N–H and O–H groups in total. The highest BCUT2D eigenvalue weighted by Gasteiger charge is 2.45. The van der Waals surface area contributed by atoms with Gasteiger partial charge in [0.05, 0.1) is 5.39 Å². The van der Waals surface area contributed by atoms with Gasteiger partial charge in [-0.25, -0.2) is 9.66 Å². The van der Waals surface area contributed by atoms with Crippen LogP contribution in [0.4, 0.5) is 0 Å². The first-order valence-corrected chi connectivity index (χ1v) is 10.9. The number of aromatic nitrogens is 2. The first kappa shape index (κ1) is 19.0. The number of aryl methyl sites for hydroxylation is 1. The standard InChI is InChI=1S/C23H18ClN3O2S/c1-13-19(14-7-3-2-4-8-14)20-22(30-13)25-12-27(23(20)29)26-21(28)17-11-16(17)15-9-5-6-10-18(15)24/h2-10,12,16-17H,11H2,1H3,(H,26,28). The van der Waals surface area contributed by atoms with Gasteiger partial charge in [-0.2, -0.15) is 0 Å². The second-order valence-electron chi connectivity index (χ2n) is 7.45. The van der Waals surface area contributed by atoms with Crippen molar-refractivity contribution in [3.63, 3.8) is 0 Å². The molecule has 0 saturated heterocycles. The van der Waals surface area contributed by atoms with Crippen molar-refractivity contribution in [3.05, 3.63) is 86.7 Å². The van der Waals surface area contributed by atoms with Gasteiger partial charge in [-0.1, -0.05) is 60.1 Å². The van der Waals surface area contributed by atoms with Crippen LogP contribution < -0.4 is 11.0 Å². The number of carbonyl (C=O) groups excluding carboxylic acids is 1. The van der Waals surface area contributed by atoms with Crippen LogP contribution in [0.2, 0.25) is 5.02 Å². The second kappa shape index (κ2) is 7.38. The number of rotatable bonds is 4. The summed E-state index contributed by atoms with van der Waals surface area (Å²) >= 11 is 7.74. The number of amides is 1. The Bertz CT molecular complexity index is 1330. The van der Waals surface area contributed by atoms with Gasteiger partial charge in [0.25, 0.3) is 5.56 Å². The first-order chi connectivity index (χ1) is 14.5. The molecule has 1 saturated carbocycles. The van der Waals surface area contributed by atoms with Gasteiger partial charge < -0.3 is 0 Å². The zero-order valence-electron chi connectivity index (χ0n) is 16.1. The van der Waals surface area contributed by atoms with E-state index in [2.05, 4.69) is 10.4 Å². The fourth-order valence-corrected chi connectivity index (χ4v) is 5.22. The molecule has 5 rings (SSSR count). The molecular formula is C23H18ClN3O2S. The summed E-state index contributed by atoms with van der Waals surface area (Å²) in [5, 5.41) is 1.20. The molecule has 150 valence electrons. The lowest BCUT2D eigenvalue weighted by molar-refractivity contribution is -0.118. The molecule has 4 aromatic rings. The van der Waals surface area contributed by atoms with Crippen LogP contribution in [0.15, 0.2) is 65.7 Å². The average Bonchev–Trinajstić information content (AvgIpc) is 3.47. The molecule has 1 fully saturated rings. The summed E-state index contributed by atoms with van der Waals surface area (Å²) in [5.41, 5.74) is 5.27. The van der Waals surface area contributed by atoms with E-state index in [0.29, 0.717) is 21.7 Å². The van der Waals surface area contributed by atoms with E-state index in [1.54, 1.807) is 0 Å². The number of hydrogen-bond acceptors (Lipinski definition) is 4. The van der Waals surface area contributed by atoms with E-state index in [-0.39, 0.29) is 23.3 Å². The number of nitrogens with one attached hydrogen (secondary N) is 1. The van der Waals surface area contributed by atoms with Gasteiger partial charge >= 0.3 is 0 Å². The number of benzene rings is 2. The predicted octanol–water partition coefficient (Wildman–Crippen LogP) is 4.96. The maximum Gasteiger partial charge on any atom is 0.281 e. The summed E-state index contributed by atoms with van der Waals surface area (Å²) in [6, 6.07) is 17.3. The number of hydrogen-bond donors (Lipinski definition) is 1. The van der Waals surface area contributed by atoms with Crippen LogP contribution in [0, 0.1) is 12.8 Å². The maximum absolute atomic E-state index is 13.2. The van der Waals surface area contributed by atoms with E-state index in [4.69, 9.17) is 11.6 Å². The lowest BCUT2D eigenvalue weighted by atomic mass is 10.0. The van der Waals surface area contributed by atoms with Crippen molar-refractivity contribution in [1.82, 2.24) is 9.66 Å². The Morgan fingerprint density at radius 3 is 2.67 bits per heavy atom. The maximum atomic E-state index is 13.2. The van der Waals surface area contributed by atoms with Gasteiger partial charge in [-0.3, -0.25) is 15.0 Å². The molecule has 0 spiro atoms. The monoisotopic (exact) mass is 435 g/mol. The Balaban J connectivity index is 1.46. The summed E-state index contributed by atoms with van der Waals surface area (Å²) < 4.78 is 1.20. The zero-order chi connectivity index (χ0) is 20.8. The van der Waals surface area contributed by atoms with Crippen LogP contribution in [-0.2, 0) is 4.79 Å². The van der Waals surface area contributed by atoms with Gasteiger partial charge in [0.1, 0.15) is 11.2 Å². The summed E-state index contributed by atoms with van der Waals surface area (Å²) in [4.78, 5) is 32.1. The van der Waals surface area contributed by atoms with Crippen molar-refractivity contribution in [1.29, 1.82) is 0 Å². The van der Waals surface area contributed by atoms with E-state index in [1.165, 1.54) is 22.3 Å². The fourth-order valence-electron chi connectivity index (χ4n) is 3.94. The van der Waals surface area contributed by atoms with Gasteiger partial charge in [-0.15, -0.1) is 11.3 Å². The highest BCUT2D eigenvalue weighted by molar-refractivity contribution is 7.19. The summed E-state index contributed by atoms with van der Waals surface area (Å²) in [5.74, 6) is -0.323. The molecule has 5 nitrogen and oxygen atoms in total. The Morgan fingerprint density at radius 2 is 1.90 bits per heavy atom. The molecule has 1 aliphatic rings. The highest BCUT2D eigenvalue weighted by Crippen LogP contribution is 2.49. The molecule has 0 radical (unpaired) electrons. The molecule has 1 amide bonds. The number of halogens is 1. The van der Waals surface area contributed by atoms with E-state index in [9.17, 15) is 9.59 Å². The number of carbonyl (C=O) groups is 1. The van der Waals surface area contributed by atoms with Crippen molar-refractivity contribution in [2.24, 2.45) is 5.92 Å². The zero-order valence-corrected chi connectivity index (χ0v) is 17.7. The average molecular weight is 436 g/mol. The Labute approximate surface area is 181 Å². The van der Waals surface area contributed by atoms with Crippen LogP contribution in [-0.4, -0.2) is 15.6 Å². The molecule has 2 heterocycles. The quantitative estimate of drug-likeness (QED) is 0.492. The summed E-state index contributed by atoms with van der Waals surface area (Å²) in [7, 11) is 0. The second-order valence-corrected chi connectivity index (χ2v) is 9.06. The summed E-state index contributed by atoms with van der Waals surface area (Å²) in [6.07, 6.45) is 2.10. The third-order valence-electron chi connectivity index (χ3n) is 5.51. The van der Waals surface area contributed by atoms with Gasteiger partial charge in [-0.05, 0) is 36.5 Å². The Kier molecular flexibility index (Phi) is 4.68. The van der Waals surface area contributed by atoms with E-state index < -0.39 is 0 Å². The van der Waals surface area contributed by atoms with Crippen LogP contribution >= 0.6 is 22.9 Å². The predicted molar refractivity (Wildman–Crippen MR) is 121 cm³/mol. The van der Waals surface area contributed by atoms with Crippen molar-refractivity contribution < 1.29 is 4.79 Å². The first-order valence-electron chi connectivity index (χ1n) is 9.66. The third kappa shape index (κ3) is 3.22. The molecule has 2 unspecified atom stereocenters. The highest BCUT2D eigenvalue weighted by atomic mass is 35.5. The molecular weight excluding hydrogens is 418 g/mol. The molecule has 1 aliphatic carbocycles.